The van der Waals surface area contributed by atoms with Crippen molar-refractivity contribution >= 4 is 57.0 Å². The lowest BCUT2D eigenvalue weighted by Gasteiger charge is -2.25. The van der Waals surface area contributed by atoms with Gasteiger partial charge in [0, 0.05) is 0 Å². The zero-order valence-corrected chi connectivity index (χ0v) is 9.07. The third kappa shape index (κ3) is 2.02. The van der Waals surface area contributed by atoms with Gasteiger partial charge in [0.15, 0.2) is 8.67 Å². The number of rotatable bonds is 0. The third-order valence-corrected chi connectivity index (χ3v) is 6.00. The predicted molar refractivity (Wildman–Crippen MR) is 51.5 cm³/mol. The van der Waals surface area contributed by atoms with E-state index in [0.29, 0.717) is 0 Å². The van der Waals surface area contributed by atoms with Crippen molar-refractivity contribution < 1.29 is 9.11 Å². The molecule has 0 atom stereocenters. The van der Waals surface area contributed by atoms with Gasteiger partial charge in [0.25, 0.3) is 0 Å². The van der Waals surface area contributed by atoms with Crippen LogP contribution in [0.1, 0.15) is 0 Å². The van der Waals surface area contributed by atoms with Gasteiger partial charge in [0.05, 0.1) is 11.5 Å². The van der Waals surface area contributed by atoms with E-state index in [2.05, 4.69) is 0 Å². The molecule has 1 aliphatic heterocycles. The second-order valence-electron chi connectivity index (χ2n) is 2.50. The normalized spacial score (nSPS) is 35.1. The average Bonchev–Trinajstić information content (AvgIpc) is 1.66. The second kappa shape index (κ2) is 2.71. The summed E-state index contributed by atoms with van der Waals surface area (Å²) in [6.07, 6.45) is 0. The third-order valence-electron chi connectivity index (χ3n) is 1.36. The molecule has 0 unspecified atom stereocenters. The highest BCUT2D eigenvalue weighted by atomic mass is 35.5. The maximum Gasteiger partial charge on any atom is 0.169 e. The van der Waals surface area contributed by atoms with Crippen LogP contribution in [-0.4, -0.2) is 29.3 Å². The van der Waals surface area contributed by atoms with E-state index in [4.69, 9.17) is 55.5 Å². The largest absolute Gasteiger partial charge is 0.299 e. The molecule has 0 bridgehead atoms. The molecule has 1 heterocycles. The molecular formula is C4H6Cl4O2S. The topological polar surface area (TPSA) is 40.5 Å². The Balaban J connectivity index is 2.89. The van der Waals surface area contributed by atoms with Gasteiger partial charge in [-0.15, -0.1) is 0 Å². The van der Waals surface area contributed by atoms with E-state index in [1.807, 2.05) is 0 Å². The highest BCUT2D eigenvalue weighted by Gasteiger charge is 2.58. The summed E-state index contributed by atoms with van der Waals surface area (Å²) in [5.41, 5.74) is 0. The lowest BCUT2D eigenvalue weighted by Crippen LogP contribution is -2.33. The summed E-state index contributed by atoms with van der Waals surface area (Å²) in [4.78, 5) is 0. The molecule has 1 fully saturated rings. The van der Waals surface area contributed by atoms with Gasteiger partial charge in [0.2, 0.25) is 0 Å². The summed E-state index contributed by atoms with van der Waals surface area (Å²) in [7, 11) is -2.79. The molecule has 7 heteroatoms. The fourth-order valence-corrected chi connectivity index (χ4v) is 5.28. The molecule has 0 radical (unpaired) electrons. The van der Waals surface area contributed by atoms with E-state index in [9.17, 15) is 0 Å². The Morgan fingerprint density at radius 3 is 1.27 bits per heavy atom. The SMILES string of the molecule is OS1(O)CC(Cl)(Cl)C(Cl)(Cl)C1. The summed E-state index contributed by atoms with van der Waals surface area (Å²) in [6, 6.07) is 0. The Labute approximate surface area is 86.1 Å². The van der Waals surface area contributed by atoms with Crippen molar-refractivity contribution in [2.45, 2.75) is 8.67 Å². The monoisotopic (exact) mass is 258 g/mol. The van der Waals surface area contributed by atoms with Crippen LogP contribution in [0.15, 0.2) is 0 Å². The van der Waals surface area contributed by atoms with Crippen LogP contribution < -0.4 is 0 Å². The molecule has 0 aromatic carbocycles. The molecule has 0 spiro atoms. The smallest absolute Gasteiger partial charge is 0.169 e. The summed E-state index contributed by atoms with van der Waals surface area (Å²) in [5.74, 6) is -0.341. The van der Waals surface area contributed by atoms with Gasteiger partial charge < -0.3 is 0 Å². The molecule has 0 aliphatic carbocycles. The summed E-state index contributed by atoms with van der Waals surface area (Å²) in [5, 5.41) is 0. The van der Waals surface area contributed by atoms with Gasteiger partial charge in [-0.05, 0) is 0 Å². The van der Waals surface area contributed by atoms with E-state index in [1.165, 1.54) is 0 Å². The van der Waals surface area contributed by atoms with Crippen LogP contribution >= 0.6 is 57.0 Å². The first kappa shape index (κ1) is 10.5. The molecule has 0 saturated carbocycles. The van der Waals surface area contributed by atoms with Gasteiger partial charge in [-0.3, -0.25) is 9.11 Å². The minimum atomic E-state index is -2.79. The number of hydrogen-bond acceptors (Lipinski definition) is 2. The quantitative estimate of drug-likeness (QED) is 0.657. The van der Waals surface area contributed by atoms with Crippen molar-refractivity contribution in [3.05, 3.63) is 0 Å². The van der Waals surface area contributed by atoms with E-state index in [1.54, 1.807) is 0 Å². The van der Waals surface area contributed by atoms with Crippen LogP contribution in [-0.2, 0) is 0 Å². The minimum Gasteiger partial charge on any atom is -0.299 e. The van der Waals surface area contributed by atoms with Crippen molar-refractivity contribution in [1.29, 1.82) is 0 Å². The van der Waals surface area contributed by atoms with Crippen LogP contribution in [0.4, 0.5) is 0 Å². The molecule has 2 nitrogen and oxygen atoms in total. The molecule has 11 heavy (non-hydrogen) atoms. The fraction of sp³-hybridized carbons (Fsp3) is 1.00. The molecule has 1 saturated heterocycles. The molecule has 1 aliphatic rings. The molecule has 1 rings (SSSR count). The number of alkyl halides is 4. The first-order chi connectivity index (χ1) is 4.66. The first-order valence-corrected chi connectivity index (χ1v) is 6.05. The molecule has 0 amide bonds. The van der Waals surface area contributed by atoms with Crippen LogP contribution in [0, 0.1) is 0 Å². The Hall–Kier alpha value is 1.43. The standard InChI is InChI=1S/C4H6Cl4O2S/c5-3(6)1-11(9,10)2-4(3,7)8/h9-10H,1-2H2. The van der Waals surface area contributed by atoms with Crippen LogP contribution in [0.3, 0.4) is 0 Å². The van der Waals surface area contributed by atoms with Crippen LogP contribution in [0.2, 0.25) is 0 Å². The lowest BCUT2D eigenvalue weighted by molar-refractivity contribution is 0.495. The van der Waals surface area contributed by atoms with Crippen molar-refractivity contribution in [2.24, 2.45) is 0 Å². The lowest BCUT2D eigenvalue weighted by atomic mass is 10.3. The molecule has 68 valence electrons. The van der Waals surface area contributed by atoms with Gasteiger partial charge in [-0.25, -0.2) is 0 Å². The number of halogens is 4. The molecule has 0 aromatic rings. The zero-order chi connectivity index (χ0) is 8.91. The number of hydrogen-bond donors (Lipinski definition) is 2. The first-order valence-electron chi connectivity index (χ1n) is 2.66. The summed E-state index contributed by atoms with van der Waals surface area (Å²) >= 11 is 22.6. The summed E-state index contributed by atoms with van der Waals surface area (Å²) < 4.78 is 15.4. The minimum absolute atomic E-state index is 0.171. The zero-order valence-electron chi connectivity index (χ0n) is 5.23. The van der Waals surface area contributed by atoms with E-state index < -0.39 is 19.3 Å². The van der Waals surface area contributed by atoms with E-state index >= 15 is 0 Å². The van der Waals surface area contributed by atoms with Gasteiger partial charge in [-0.2, -0.15) is 10.6 Å². The molecular weight excluding hydrogens is 254 g/mol. The Morgan fingerprint density at radius 2 is 1.18 bits per heavy atom. The molecule has 0 aromatic heterocycles. The maximum absolute atomic E-state index is 9.17. The predicted octanol–water partition coefficient (Wildman–Crippen LogP) is 3.10. The van der Waals surface area contributed by atoms with Gasteiger partial charge in [0.1, 0.15) is 0 Å². The van der Waals surface area contributed by atoms with Crippen molar-refractivity contribution in [3.63, 3.8) is 0 Å². The van der Waals surface area contributed by atoms with Gasteiger partial charge in [-0.1, -0.05) is 46.4 Å². The second-order valence-corrected chi connectivity index (χ2v) is 7.65. The van der Waals surface area contributed by atoms with E-state index in [0.717, 1.165) is 0 Å². The Morgan fingerprint density at radius 1 is 0.909 bits per heavy atom. The highest BCUT2D eigenvalue weighted by Crippen LogP contribution is 2.63. The van der Waals surface area contributed by atoms with E-state index in [-0.39, 0.29) is 11.5 Å². The van der Waals surface area contributed by atoms with Crippen molar-refractivity contribution in [3.8, 4) is 0 Å². The van der Waals surface area contributed by atoms with Crippen molar-refractivity contribution in [1.82, 2.24) is 0 Å². The van der Waals surface area contributed by atoms with Crippen LogP contribution in [0.5, 0.6) is 0 Å². The fourth-order valence-electron chi connectivity index (χ4n) is 0.843. The molecule has 2 N–H and O–H groups in total. The average molecular weight is 260 g/mol. The Kier molecular flexibility index (Phi) is 2.59. The Bertz CT molecular complexity index is 163. The highest BCUT2D eigenvalue weighted by molar-refractivity contribution is 8.24. The summed E-state index contributed by atoms with van der Waals surface area (Å²) in [6.45, 7) is 0. The van der Waals surface area contributed by atoms with Crippen LogP contribution in [0.25, 0.3) is 0 Å². The van der Waals surface area contributed by atoms with Crippen molar-refractivity contribution in [2.75, 3.05) is 11.5 Å². The maximum atomic E-state index is 9.17. The van der Waals surface area contributed by atoms with Gasteiger partial charge >= 0.3 is 0 Å².